The van der Waals surface area contributed by atoms with Crippen molar-refractivity contribution in [1.29, 1.82) is 0 Å². The Hall–Kier alpha value is -2.38. The fraction of sp³-hybridized carbons (Fsp3) is 0.381. The number of aliphatic hydroxyl groups excluding tert-OH is 1. The van der Waals surface area contributed by atoms with Crippen LogP contribution in [0.2, 0.25) is 5.02 Å². The summed E-state index contributed by atoms with van der Waals surface area (Å²) in [5, 5.41) is 31.2. The predicted molar refractivity (Wildman–Crippen MR) is 118 cm³/mol. The lowest BCUT2D eigenvalue weighted by molar-refractivity contribution is -0.263. The molecule has 1 amide bonds. The highest BCUT2D eigenvalue weighted by atomic mass is 35.5. The summed E-state index contributed by atoms with van der Waals surface area (Å²) in [5.41, 5.74) is -4.43. The standard InChI is InChI=1S/C21H24ClF3N2O6S/c1-11(28)10-26-34(32,33)16-9-8-14(17(22)12(16)2)18(20(3,31)21(23,24)25)27-19(30)13-6-4-5-7-15(13)29/h4-9,11,18,26,28-29,31H,10H2,1-3H3,(H,27,30)/t11-,18?,20?/m0/s1. The number of hydrogen-bond donors (Lipinski definition) is 5. The highest BCUT2D eigenvalue weighted by molar-refractivity contribution is 7.89. The van der Waals surface area contributed by atoms with E-state index in [-0.39, 0.29) is 22.6 Å². The van der Waals surface area contributed by atoms with E-state index in [1.807, 2.05) is 0 Å². The van der Waals surface area contributed by atoms with E-state index in [9.17, 15) is 41.7 Å². The maximum atomic E-state index is 13.8. The Balaban J connectivity index is 2.60. The molecule has 188 valence electrons. The molecule has 0 heterocycles. The van der Waals surface area contributed by atoms with Crippen molar-refractivity contribution in [1.82, 2.24) is 10.0 Å². The van der Waals surface area contributed by atoms with Gasteiger partial charge in [-0.15, -0.1) is 0 Å². The van der Waals surface area contributed by atoms with Gasteiger partial charge in [-0.05, 0) is 50.1 Å². The Morgan fingerprint density at radius 1 is 1.18 bits per heavy atom. The molecule has 8 nitrogen and oxygen atoms in total. The number of carbonyl (C=O) groups excluding carboxylic acids is 1. The van der Waals surface area contributed by atoms with Crippen LogP contribution in [0.15, 0.2) is 41.3 Å². The van der Waals surface area contributed by atoms with Gasteiger partial charge < -0.3 is 20.6 Å². The first-order valence-electron chi connectivity index (χ1n) is 9.85. The van der Waals surface area contributed by atoms with Gasteiger partial charge in [0.25, 0.3) is 5.91 Å². The van der Waals surface area contributed by atoms with E-state index in [2.05, 4.69) is 10.0 Å². The molecule has 0 aliphatic rings. The molecule has 13 heteroatoms. The van der Waals surface area contributed by atoms with Crippen LogP contribution in [-0.2, 0) is 10.0 Å². The van der Waals surface area contributed by atoms with Crippen LogP contribution in [0.1, 0.15) is 41.4 Å². The largest absolute Gasteiger partial charge is 0.507 e. The van der Waals surface area contributed by atoms with E-state index in [0.29, 0.717) is 6.92 Å². The third-order valence-electron chi connectivity index (χ3n) is 5.10. The van der Waals surface area contributed by atoms with E-state index in [1.54, 1.807) is 0 Å². The van der Waals surface area contributed by atoms with Crippen LogP contribution in [-0.4, -0.2) is 54.1 Å². The van der Waals surface area contributed by atoms with E-state index >= 15 is 0 Å². The number of sulfonamides is 1. The van der Waals surface area contributed by atoms with E-state index in [4.69, 9.17) is 11.6 Å². The number of aliphatic hydroxyl groups is 2. The average Bonchev–Trinajstić information content (AvgIpc) is 2.72. The summed E-state index contributed by atoms with van der Waals surface area (Å²) >= 11 is 6.26. The summed E-state index contributed by atoms with van der Waals surface area (Å²) in [5.74, 6) is -1.63. The number of halogens is 4. The fourth-order valence-electron chi connectivity index (χ4n) is 3.07. The quantitative estimate of drug-likeness (QED) is 0.360. The van der Waals surface area contributed by atoms with Crippen molar-refractivity contribution in [3.63, 3.8) is 0 Å². The van der Waals surface area contributed by atoms with Gasteiger partial charge in [-0.3, -0.25) is 4.79 Å². The highest BCUT2D eigenvalue weighted by Crippen LogP contribution is 2.43. The lowest BCUT2D eigenvalue weighted by atomic mass is 9.88. The maximum absolute atomic E-state index is 13.8. The van der Waals surface area contributed by atoms with Crippen LogP contribution >= 0.6 is 11.6 Å². The van der Waals surface area contributed by atoms with Crippen molar-refractivity contribution in [2.24, 2.45) is 0 Å². The topological polar surface area (TPSA) is 136 Å². The molecule has 3 atom stereocenters. The average molecular weight is 525 g/mol. The zero-order valence-electron chi connectivity index (χ0n) is 18.3. The molecule has 0 saturated carbocycles. The van der Waals surface area contributed by atoms with Crippen molar-refractivity contribution in [3.05, 3.63) is 58.1 Å². The number of rotatable bonds is 8. The van der Waals surface area contributed by atoms with Crippen molar-refractivity contribution >= 4 is 27.5 Å². The molecular weight excluding hydrogens is 501 g/mol. The van der Waals surface area contributed by atoms with Gasteiger partial charge in [-0.25, -0.2) is 13.1 Å². The number of phenolic OH excluding ortho intramolecular Hbond substituents is 1. The molecule has 5 N–H and O–H groups in total. The maximum Gasteiger partial charge on any atom is 0.419 e. The van der Waals surface area contributed by atoms with Gasteiger partial charge in [0, 0.05) is 6.54 Å². The van der Waals surface area contributed by atoms with Crippen LogP contribution in [0, 0.1) is 6.92 Å². The number of para-hydroxylation sites is 1. The summed E-state index contributed by atoms with van der Waals surface area (Å²) in [6, 6.07) is 4.86. The Morgan fingerprint density at radius 3 is 2.29 bits per heavy atom. The molecule has 0 bridgehead atoms. The Bertz CT molecular complexity index is 1170. The summed E-state index contributed by atoms with van der Waals surface area (Å²) in [6.45, 7) is 2.71. The van der Waals surface area contributed by atoms with Crippen molar-refractivity contribution in [2.75, 3.05) is 6.54 Å². The van der Waals surface area contributed by atoms with Crippen molar-refractivity contribution < 1.29 is 41.7 Å². The van der Waals surface area contributed by atoms with Gasteiger partial charge in [0.1, 0.15) is 5.75 Å². The van der Waals surface area contributed by atoms with Crippen molar-refractivity contribution in [2.45, 2.75) is 49.6 Å². The number of amides is 1. The Labute approximate surface area is 199 Å². The molecule has 0 fully saturated rings. The first-order valence-corrected chi connectivity index (χ1v) is 11.7. The number of alkyl halides is 3. The molecule has 0 radical (unpaired) electrons. The number of aromatic hydroxyl groups is 1. The predicted octanol–water partition coefficient (Wildman–Crippen LogP) is 2.80. The van der Waals surface area contributed by atoms with Crippen LogP contribution in [0.4, 0.5) is 13.2 Å². The number of carbonyl (C=O) groups is 1. The zero-order valence-corrected chi connectivity index (χ0v) is 19.9. The van der Waals surface area contributed by atoms with Crippen LogP contribution < -0.4 is 10.0 Å². The Kier molecular flexibility index (Phi) is 8.26. The summed E-state index contributed by atoms with van der Waals surface area (Å²) in [4.78, 5) is 12.3. The molecule has 2 aromatic rings. The normalized spacial score (nSPS) is 15.9. The lowest BCUT2D eigenvalue weighted by Crippen LogP contribution is -2.53. The van der Waals surface area contributed by atoms with E-state index < -0.39 is 56.2 Å². The zero-order chi connectivity index (χ0) is 26.1. The summed E-state index contributed by atoms with van der Waals surface area (Å²) in [7, 11) is -4.19. The molecule has 2 unspecified atom stereocenters. The van der Waals surface area contributed by atoms with Crippen LogP contribution in [0.5, 0.6) is 5.75 Å². The molecule has 0 saturated heterocycles. The number of nitrogens with one attached hydrogen (secondary N) is 2. The van der Waals surface area contributed by atoms with Crippen molar-refractivity contribution in [3.8, 4) is 5.75 Å². The number of benzene rings is 2. The molecule has 34 heavy (non-hydrogen) atoms. The fourth-order valence-corrected chi connectivity index (χ4v) is 4.77. The van der Waals surface area contributed by atoms with Gasteiger partial charge in [0.15, 0.2) is 5.60 Å². The number of hydrogen-bond acceptors (Lipinski definition) is 6. The second-order valence-electron chi connectivity index (χ2n) is 7.86. The van der Waals surface area contributed by atoms with E-state index in [0.717, 1.165) is 18.2 Å². The molecule has 2 rings (SSSR count). The van der Waals surface area contributed by atoms with Crippen LogP contribution in [0.25, 0.3) is 0 Å². The SMILES string of the molecule is Cc1c(S(=O)(=O)NC[C@H](C)O)ccc(C(NC(=O)c2ccccc2O)C(C)(O)C(F)(F)F)c1Cl. The van der Waals surface area contributed by atoms with Gasteiger partial charge in [0.2, 0.25) is 10.0 Å². The first-order chi connectivity index (χ1) is 15.5. The second-order valence-corrected chi connectivity index (χ2v) is 9.98. The lowest BCUT2D eigenvalue weighted by Gasteiger charge is -2.36. The molecule has 0 aliphatic carbocycles. The molecule has 0 aromatic heterocycles. The van der Waals surface area contributed by atoms with E-state index in [1.165, 1.54) is 32.0 Å². The molecule has 0 spiro atoms. The molecule has 2 aromatic carbocycles. The smallest absolute Gasteiger partial charge is 0.419 e. The van der Waals surface area contributed by atoms with Gasteiger partial charge in [-0.2, -0.15) is 13.2 Å². The summed E-state index contributed by atoms with van der Waals surface area (Å²) in [6.07, 6.45) is -6.23. The number of phenols is 1. The summed E-state index contributed by atoms with van der Waals surface area (Å²) < 4.78 is 68.5. The molecule has 0 aliphatic heterocycles. The van der Waals surface area contributed by atoms with Gasteiger partial charge in [-0.1, -0.05) is 29.8 Å². The van der Waals surface area contributed by atoms with Gasteiger partial charge in [0.05, 0.1) is 27.6 Å². The third-order valence-corrected chi connectivity index (χ3v) is 7.17. The third kappa shape index (κ3) is 5.81. The first kappa shape index (κ1) is 27.9. The highest BCUT2D eigenvalue weighted by Gasteiger charge is 2.56. The Morgan fingerprint density at radius 2 is 1.76 bits per heavy atom. The minimum atomic E-state index is -5.23. The minimum absolute atomic E-state index is 0.142. The van der Waals surface area contributed by atoms with Gasteiger partial charge >= 0.3 is 6.18 Å². The minimum Gasteiger partial charge on any atom is -0.507 e. The molecular formula is C21H24ClF3N2O6S. The second kappa shape index (κ2) is 10.1. The monoisotopic (exact) mass is 524 g/mol. The van der Waals surface area contributed by atoms with Crippen LogP contribution in [0.3, 0.4) is 0 Å².